The lowest BCUT2D eigenvalue weighted by Gasteiger charge is -2.00. The number of pyridine rings is 1. The molecule has 0 aliphatic rings. The number of aromatic nitrogens is 1. The molecule has 0 saturated carbocycles. The van der Waals surface area contributed by atoms with Gasteiger partial charge in [-0.05, 0) is 22.0 Å². The fraction of sp³-hybridized carbons (Fsp3) is 0.100. The van der Waals surface area contributed by atoms with Gasteiger partial charge in [-0.15, -0.1) is 0 Å². The number of benzene rings is 1. The lowest BCUT2D eigenvalue weighted by atomic mass is 10.2. The Kier molecular flexibility index (Phi) is 2.39. The molecular weight excluding hydrogens is 294 g/mol. The number of fused-ring (bicyclic) bond motifs is 1. The van der Waals surface area contributed by atoms with Crippen LogP contribution >= 0.6 is 31.9 Å². The van der Waals surface area contributed by atoms with Gasteiger partial charge < -0.3 is 0 Å². The topological polar surface area (TPSA) is 3.88 Å². The highest BCUT2D eigenvalue weighted by Gasteiger charge is 2.11. The average Bonchev–Trinajstić information content (AvgIpc) is 2.15. The quantitative estimate of drug-likeness (QED) is 0.520. The molecule has 0 amide bonds. The van der Waals surface area contributed by atoms with Gasteiger partial charge >= 0.3 is 0 Å². The van der Waals surface area contributed by atoms with E-state index in [2.05, 4.69) is 44.0 Å². The van der Waals surface area contributed by atoms with Crippen molar-refractivity contribution in [3.05, 3.63) is 39.5 Å². The first-order valence-electron chi connectivity index (χ1n) is 3.92. The Hall–Kier alpha value is -0.410. The Morgan fingerprint density at radius 1 is 1.08 bits per heavy atom. The largest absolute Gasteiger partial charge is 0.255 e. The van der Waals surface area contributed by atoms with Gasteiger partial charge in [0, 0.05) is 21.3 Å². The Labute approximate surface area is 93.6 Å². The maximum atomic E-state index is 3.56. The van der Waals surface area contributed by atoms with Crippen molar-refractivity contribution >= 4 is 42.6 Å². The molecule has 13 heavy (non-hydrogen) atoms. The van der Waals surface area contributed by atoms with Crippen LogP contribution < -0.4 is 4.57 Å². The van der Waals surface area contributed by atoms with Crippen molar-refractivity contribution in [1.82, 2.24) is 0 Å². The summed E-state index contributed by atoms with van der Waals surface area (Å²) in [7, 11) is 2.02. The molecule has 0 spiro atoms. The molecule has 1 aromatic carbocycles. The van der Waals surface area contributed by atoms with Crippen LogP contribution in [0, 0.1) is 0 Å². The summed E-state index contributed by atoms with van der Waals surface area (Å²) in [6, 6.07) is 8.29. The molecule has 2 rings (SSSR count). The molecule has 1 heterocycles. The van der Waals surface area contributed by atoms with Crippen LogP contribution in [0.2, 0.25) is 0 Å². The minimum absolute atomic E-state index is 1.10. The molecule has 0 bridgehead atoms. The van der Waals surface area contributed by atoms with Gasteiger partial charge in [-0.1, -0.05) is 18.2 Å². The van der Waals surface area contributed by atoms with E-state index in [0.29, 0.717) is 0 Å². The zero-order valence-corrected chi connectivity index (χ0v) is 10.3. The molecule has 2 aromatic rings. The lowest BCUT2D eigenvalue weighted by molar-refractivity contribution is -0.681. The third kappa shape index (κ3) is 1.51. The molecule has 0 N–H and O–H groups in total. The predicted octanol–water partition coefficient (Wildman–Crippen LogP) is 3.19. The van der Waals surface area contributed by atoms with E-state index in [1.807, 2.05) is 29.9 Å². The lowest BCUT2D eigenvalue weighted by Crippen LogP contribution is -2.29. The van der Waals surface area contributed by atoms with Crippen molar-refractivity contribution in [2.75, 3.05) is 0 Å². The molecule has 0 atom stereocenters. The van der Waals surface area contributed by atoms with E-state index in [0.717, 1.165) is 9.08 Å². The van der Waals surface area contributed by atoms with Crippen LogP contribution in [0.4, 0.5) is 0 Å². The number of rotatable bonds is 0. The summed E-state index contributed by atoms with van der Waals surface area (Å²) in [4.78, 5) is 0. The van der Waals surface area contributed by atoms with Crippen LogP contribution in [0.1, 0.15) is 0 Å². The van der Waals surface area contributed by atoms with Crippen LogP contribution in [-0.4, -0.2) is 0 Å². The molecule has 0 radical (unpaired) electrons. The van der Waals surface area contributed by atoms with Gasteiger partial charge in [-0.2, -0.15) is 4.57 Å². The third-order valence-corrected chi connectivity index (χ3v) is 3.64. The van der Waals surface area contributed by atoms with Crippen LogP contribution in [0.5, 0.6) is 0 Å². The molecular formula is C10H8Br2N+. The molecule has 1 aromatic heterocycles. The Morgan fingerprint density at radius 3 is 2.38 bits per heavy atom. The second-order valence-corrected chi connectivity index (χ2v) is 4.53. The van der Waals surface area contributed by atoms with Gasteiger partial charge in [0.25, 0.3) is 4.60 Å². The average molecular weight is 302 g/mol. The fourth-order valence-corrected chi connectivity index (χ4v) is 2.46. The monoisotopic (exact) mass is 300 g/mol. The molecule has 0 fully saturated rings. The number of hydrogen-bond donors (Lipinski definition) is 0. The highest BCUT2D eigenvalue weighted by atomic mass is 79.9. The summed E-state index contributed by atoms with van der Waals surface area (Å²) in [6.45, 7) is 0. The summed E-state index contributed by atoms with van der Waals surface area (Å²) in [5.74, 6) is 0. The summed E-state index contributed by atoms with van der Waals surface area (Å²) >= 11 is 7.10. The van der Waals surface area contributed by atoms with Gasteiger partial charge in [-0.3, -0.25) is 0 Å². The van der Waals surface area contributed by atoms with Crippen molar-refractivity contribution in [2.45, 2.75) is 0 Å². The van der Waals surface area contributed by atoms with Crippen molar-refractivity contribution in [3.8, 4) is 0 Å². The Morgan fingerprint density at radius 2 is 1.69 bits per heavy atom. The molecule has 1 nitrogen and oxygen atoms in total. The highest BCUT2D eigenvalue weighted by molar-refractivity contribution is 9.11. The third-order valence-electron chi connectivity index (χ3n) is 2.02. The molecule has 0 aliphatic heterocycles. The van der Waals surface area contributed by atoms with E-state index >= 15 is 0 Å². The minimum atomic E-state index is 1.10. The first-order chi connectivity index (χ1) is 6.20. The normalized spacial score (nSPS) is 10.7. The van der Waals surface area contributed by atoms with E-state index in [-0.39, 0.29) is 0 Å². The number of halogens is 2. The van der Waals surface area contributed by atoms with Crippen LogP contribution in [0.25, 0.3) is 10.8 Å². The predicted molar refractivity (Wildman–Crippen MR) is 60.5 cm³/mol. The summed E-state index contributed by atoms with van der Waals surface area (Å²) < 4.78 is 4.27. The van der Waals surface area contributed by atoms with Crippen LogP contribution in [-0.2, 0) is 7.05 Å². The maximum absolute atomic E-state index is 3.56. The standard InChI is InChI=1S/C10H8Br2N/c1-13-6-9(11)7-4-2-3-5-8(7)10(13)12/h2-6H,1H3/q+1. The molecule has 0 unspecified atom stereocenters. The van der Waals surface area contributed by atoms with Gasteiger partial charge in [0.1, 0.15) is 7.05 Å². The summed E-state index contributed by atoms with van der Waals surface area (Å²) in [5.41, 5.74) is 0. The van der Waals surface area contributed by atoms with E-state index in [1.54, 1.807) is 0 Å². The summed E-state index contributed by atoms with van der Waals surface area (Å²) in [6.07, 6.45) is 2.05. The zero-order valence-electron chi connectivity index (χ0n) is 7.09. The maximum Gasteiger partial charge on any atom is 0.255 e. The first kappa shape index (κ1) is 9.16. The van der Waals surface area contributed by atoms with Crippen molar-refractivity contribution < 1.29 is 4.57 Å². The van der Waals surface area contributed by atoms with Crippen molar-refractivity contribution in [3.63, 3.8) is 0 Å². The summed E-state index contributed by atoms with van der Waals surface area (Å²) in [5, 5.41) is 2.45. The van der Waals surface area contributed by atoms with Crippen molar-refractivity contribution in [2.24, 2.45) is 7.05 Å². The highest BCUT2D eigenvalue weighted by Crippen LogP contribution is 2.26. The van der Waals surface area contributed by atoms with E-state index in [9.17, 15) is 0 Å². The molecule has 3 heteroatoms. The molecule has 0 aliphatic carbocycles. The van der Waals surface area contributed by atoms with Gasteiger partial charge in [0.05, 0.1) is 9.86 Å². The first-order valence-corrected chi connectivity index (χ1v) is 5.51. The second kappa shape index (κ2) is 3.39. The van der Waals surface area contributed by atoms with Gasteiger partial charge in [-0.25, -0.2) is 0 Å². The number of hydrogen-bond acceptors (Lipinski definition) is 0. The molecule has 66 valence electrons. The smallest absolute Gasteiger partial charge is 0.194 e. The minimum Gasteiger partial charge on any atom is -0.194 e. The number of nitrogens with zero attached hydrogens (tertiary/aromatic N) is 1. The SMILES string of the molecule is C[n+]1cc(Br)c2ccccc2c1Br. The number of aryl methyl sites for hydroxylation is 1. The van der Waals surface area contributed by atoms with E-state index < -0.39 is 0 Å². The van der Waals surface area contributed by atoms with Crippen LogP contribution in [0.3, 0.4) is 0 Å². The van der Waals surface area contributed by atoms with Gasteiger partial charge in [0.15, 0.2) is 6.20 Å². The zero-order chi connectivity index (χ0) is 9.42. The Balaban J connectivity index is 2.97. The van der Waals surface area contributed by atoms with Gasteiger partial charge in [0.2, 0.25) is 0 Å². The van der Waals surface area contributed by atoms with Crippen LogP contribution in [0.15, 0.2) is 39.5 Å². The Bertz CT molecular complexity index is 466. The van der Waals surface area contributed by atoms with Crippen molar-refractivity contribution in [1.29, 1.82) is 0 Å². The fourth-order valence-electron chi connectivity index (χ4n) is 1.36. The second-order valence-electron chi connectivity index (χ2n) is 2.92. The van der Waals surface area contributed by atoms with E-state index in [4.69, 9.17) is 0 Å². The van der Waals surface area contributed by atoms with E-state index in [1.165, 1.54) is 10.8 Å². The molecule has 0 saturated heterocycles.